The van der Waals surface area contributed by atoms with Crippen LogP contribution in [0.5, 0.6) is 5.75 Å². The Bertz CT molecular complexity index is 808. The fourth-order valence-corrected chi connectivity index (χ4v) is 2.98. The van der Waals surface area contributed by atoms with Crippen LogP contribution in [0.1, 0.15) is 19.8 Å². The van der Waals surface area contributed by atoms with Crippen LogP contribution < -0.4 is 10.3 Å². The number of methoxy groups -OCH3 is 1. The Hall–Kier alpha value is -2.63. The van der Waals surface area contributed by atoms with Crippen LogP contribution in [0.25, 0.3) is 11.3 Å². The summed E-state index contributed by atoms with van der Waals surface area (Å²) in [5, 5.41) is 4.37. The van der Waals surface area contributed by atoms with Gasteiger partial charge in [0.1, 0.15) is 12.3 Å². The second-order valence-corrected chi connectivity index (χ2v) is 6.51. The van der Waals surface area contributed by atoms with Crippen molar-refractivity contribution >= 4 is 5.91 Å². The van der Waals surface area contributed by atoms with Gasteiger partial charge in [-0.3, -0.25) is 9.59 Å². The summed E-state index contributed by atoms with van der Waals surface area (Å²) in [5.74, 6) is 1.32. The zero-order valence-corrected chi connectivity index (χ0v) is 14.6. The number of hydrogen-bond acceptors (Lipinski definition) is 4. The summed E-state index contributed by atoms with van der Waals surface area (Å²) in [6, 6.07) is 10.6. The maximum Gasteiger partial charge on any atom is 0.267 e. The highest BCUT2D eigenvalue weighted by Crippen LogP contribution is 2.21. The van der Waals surface area contributed by atoms with E-state index in [1.54, 1.807) is 13.2 Å². The molecule has 0 unspecified atom stereocenters. The summed E-state index contributed by atoms with van der Waals surface area (Å²) in [5.41, 5.74) is 1.20. The van der Waals surface area contributed by atoms with Crippen LogP contribution >= 0.6 is 0 Å². The van der Waals surface area contributed by atoms with E-state index < -0.39 is 0 Å². The molecule has 0 bridgehead atoms. The van der Waals surface area contributed by atoms with E-state index in [0.717, 1.165) is 37.2 Å². The smallest absolute Gasteiger partial charge is 0.267 e. The fourth-order valence-electron chi connectivity index (χ4n) is 2.98. The molecule has 6 nitrogen and oxygen atoms in total. The van der Waals surface area contributed by atoms with Gasteiger partial charge in [-0.15, -0.1) is 0 Å². The number of aromatic nitrogens is 2. The van der Waals surface area contributed by atoms with Crippen LogP contribution in [0.15, 0.2) is 41.2 Å². The summed E-state index contributed by atoms with van der Waals surface area (Å²) in [7, 11) is 1.60. The minimum absolute atomic E-state index is 0.0228. The van der Waals surface area contributed by atoms with Crippen molar-refractivity contribution in [1.29, 1.82) is 0 Å². The standard InChI is InChI=1S/C19H23N3O3/c1-14-8-10-21(11-9-14)19(24)13-22-18(23)7-6-17(20-22)15-4-3-5-16(12-15)25-2/h3-7,12,14H,8-11,13H2,1-2H3. The van der Waals surface area contributed by atoms with E-state index in [-0.39, 0.29) is 18.0 Å². The number of carbonyl (C=O) groups is 1. The predicted molar refractivity (Wildman–Crippen MR) is 95.5 cm³/mol. The molecular weight excluding hydrogens is 318 g/mol. The Morgan fingerprint density at radius 3 is 2.72 bits per heavy atom. The van der Waals surface area contributed by atoms with Gasteiger partial charge in [0.2, 0.25) is 5.91 Å². The fraction of sp³-hybridized carbons (Fsp3) is 0.421. The zero-order valence-electron chi connectivity index (χ0n) is 14.6. The van der Waals surface area contributed by atoms with Gasteiger partial charge in [0.25, 0.3) is 5.56 Å². The second kappa shape index (κ2) is 7.51. The third-order valence-electron chi connectivity index (χ3n) is 4.65. The van der Waals surface area contributed by atoms with Crippen LogP contribution in [0, 0.1) is 5.92 Å². The van der Waals surface area contributed by atoms with Crippen LogP contribution in [0.2, 0.25) is 0 Å². The Morgan fingerprint density at radius 2 is 2.00 bits per heavy atom. The Kier molecular flexibility index (Phi) is 5.16. The predicted octanol–water partition coefficient (Wildman–Crippen LogP) is 2.18. The van der Waals surface area contributed by atoms with Crippen molar-refractivity contribution in [3.63, 3.8) is 0 Å². The molecule has 25 heavy (non-hydrogen) atoms. The minimum Gasteiger partial charge on any atom is -0.497 e. The lowest BCUT2D eigenvalue weighted by molar-refractivity contribution is -0.133. The lowest BCUT2D eigenvalue weighted by Gasteiger charge is -2.30. The summed E-state index contributed by atoms with van der Waals surface area (Å²) in [6.07, 6.45) is 2.02. The minimum atomic E-state index is -0.273. The molecule has 6 heteroatoms. The molecule has 0 aliphatic carbocycles. The van der Waals surface area contributed by atoms with Gasteiger partial charge in [0, 0.05) is 24.7 Å². The molecule has 0 radical (unpaired) electrons. The summed E-state index contributed by atoms with van der Waals surface area (Å²) in [4.78, 5) is 26.4. The van der Waals surface area contributed by atoms with Crippen LogP contribution in [-0.4, -0.2) is 40.8 Å². The Labute approximate surface area is 147 Å². The normalized spacial score (nSPS) is 15.2. The lowest BCUT2D eigenvalue weighted by atomic mass is 9.99. The number of benzene rings is 1. The molecule has 0 atom stereocenters. The third-order valence-corrected chi connectivity index (χ3v) is 4.65. The van der Waals surface area contributed by atoms with Crippen molar-refractivity contribution in [2.45, 2.75) is 26.3 Å². The number of likely N-dealkylation sites (tertiary alicyclic amines) is 1. The van der Waals surface area contributed by atoms with Gasteiger partial charge >= 0.3 is 0 Å². The highest BCUT2D eigenvalue weighted by Gasteiger charge is 2.21. The first kappa shape index (κ1) is 17.2. The number of nitrogens with zero attached hydrogens (tertiary/aromatic N) is 3. The number of piperidine rings is 1. The molecule has 1 aliphatic rings. The van der Waals surface area contributed by atoms with Crippen molar-refractivity contribution in [2.24, 2.45) is 5.92 Å². The van der Waals surface area contributed by atoms with Crippen LogP contribution in [0.4, 0.5) is 0 Å². The molecule has 1 aliphatic heterocycles. The van der Waals surface area contributed by atoms with E-state index in [1.807, 2.05) is 29.2 Å². The molecule has 1 aromatic carbocycles. The molecule has 1 saturated heterocycles. The van der Waals surface area contributed by atoms with Gasteiger partial charge in [-0.05, 0) is 37.0 Å². The van der Waals surface area contributed by atoms with Crippen LogP contribution in [0.3, 0.4) is 0 Å². The molecule has 0 N–H and O–H groups in total. The van der Waals surface area contributed by atoms with E-state index >= 15 is 0 Å². The molecule has 0 saturated carbocycles. The van der Waals surface area contributed by atoms with E-state index in [0.29, 0.717) is 11.6 Å². The number of rotatable bonds is 4. The number of amides is 1. The molecule has 3 rings (SSSR count). The van der Waals surface area contributed by atoms with E-state index in [1.165, 1.54) is 10.7 Å². The Morgan fingerprint density at radius 1 is 1.24 bits per heavy atom. The SMILES string of the molecule is COc1cccc(-c2ccc(=O)n(CC(=O)N3CCC(C)CC3)n2)c1. The first-order valence-electron chi connectivity index (χ1n) is 8.57. The molecule has 2 aromatic rings. The summed E-state index contributed by atoms with van der Waals surface area (Å²) in [6.45, 7) is 3.69. The molecule has 1 aromatic heterocycles. The largest absolute Gasteiger partial charge is 0.497 e. The van der Waals surface area contributed by atoms with Crippen molar-refractivity contribution in [2.75, 3.05) is 20.2 Å². The highest BCUT2D eigenvalue weighted by molar-refractivity contribution is 5.76. The molecule has 2 heterocycles. The first-order chi connectivity index (χ1) is 12.1. The molecule has 1 amide bonds. The maximum absolute atomic E-state index is 12.5. The zero-order chi connectivity index (χ0) is 17.8. The highest BCUT2D eigenvalue weighted by atomic mass is 16.5. The average Bonchev–Trinajstić information content (AvgIpc) is 2.64. The maximum atomic E-state index is 12.5. The van der Waals surface area contributed by atoms with Crippen molar-refractivity contribution in [3.05, 3.63) is 46.8 Å². The second-order valence-electron chi connectivity index (χ2n) is 6.51. The molecular formula is C19H23N3O3. The average molecular weight is 341 g/mol. The molecule has 1 fully saturated rings. The number of carbonyl (C=O) groups excluding carboxylic acids is 1. The number of ether oxygens (including phenoxy) is 1. The quantitative estimate of drug-likeness (QED) is 0.855. The van der Waals surface area contributed by atoms with Gasteiger partial charge in [-0.2, -0.15) is 5.10 Å². The molecule has 132 valence electrons. The Balaban J connectivity index is 1.80. The van der Waals surface area contributed by atoms with Gasteiger partial charge in [0.15, 0.2) is 0 Å². The van der Waals surface area contributed by atoms with Gasteiger partial charge in [-0.25, -0.2) is 4.68 Å². The van der Waals surface area contributed by atoms with Gasteiger partial charge < -0.3 is 9.64 Å². The number of hydrogen-bond donors (Lipinski definition) is 0. The summed E-state index contributed by atoms with van der Waals surface area (Å²) < 4.78 is 6.47. The van der Waals surface area contributed by atoms with Crippen molar-refractivity contribution < 1.29 is 9.53 Å². The van der Waals surface area contributed by atoms with Gasteiger partial charge in [-0.1, -0.05) is 19.1 Å². The van der Waals surface area contributed by atoms with E-state index in [4.69, 9.17) is 4.74 Å². The first-order valence-corrected chi connectivity index (χ1v) is 8.57. The van der Waals surface area contributed by atoms with Gasteiger partial charge in [0.05, 0.1) is 12.8 Å². The third kappa shape index (κ3) is 4.07. The topological polar surface area (TPSA) is 64.4 Å². The van der Waals surface area contributed by atoms with E-state index in [9.17, 15) is 9.59 Å². The summed E-state index contributed by atoms with van der Waals surface area (Å²) >= 11 is 0. The van der Waals surface area contributed by atoms with Crippen molar-refractivity contribution in [1.82, 2.24) is 14.7 Å². The molecule has 0 spiro atoms. The van der Waals surface area contributed by atoms with E-state index in [2.05, 4.69) is 12.0 Å². The monoisotopic (exact) mass is 341 g/mol. The van der Waals surface area contributed by atoms with Crippen molar-refractivity contribution in [3.8, 4) is 17.0 Å². The lowest BCUT2D eigenvalue weighted by Crippen LogP contribution is -2.41. The van der Waals surface area contributed by atoms with Crippen LogP contribution in [-0.2, 0) is 11.3 Å².